The average Bonchev–Trinajstić information content (AvgIpc) is 2.65. The third kappa shape index (κ3) is 6.33. The maximum atomic E-state index is 13.9. The number of rotatable bonds is 9. The van der Waals surface area contributed by atoms with E-state index < -0.39 is 42.7 Å². The SMILES string of the molecule is CC(C)[C@@H](NS(=O)(=O)c1ccccc1F)C(=O)NCCc1ccc(S(N)(=O)=O)cc1. The second kappa shape index (κ2) is 9.65. The first-order valence-corrected chi connectivity index (χ1v) is 12.1. The largest absolute Gasteiger partial charge is 0.354 e. The highest BCUT2D eigenvalue weighted by molar-refractivity contribution is 7.89. The summed E-state index contributed by atoms with van der Waals surface area (Å²) in [5, 5.41) is 7.69. The van der Waals surface area contributed by atoms with Crippen molar-refractivity contribution < 1.29 is 26.0 Å². The number of sulfonamides is 2. The second-order valence-electron chi connectivity index (χ2n) is 7.00. The zero-order valence-electron chi connectivity index (χ0n) is 16.5. The Balaban J connectivity index is 2.01. The Kier molecular flexibility index (Phi) is 7.70. The lowest BCUT2D eigenvalue weighted by molar-refractivity contribution is -0.123. The van der Waals surface area contributed by atoms with Gasteiger partial charge in [0.1, 0.15) is 16.8 Å². The van der Waals surface area contributed by atoms with E-state index in [0.29, 0.717) is 6.42 Å². The number of halogens is 1. The number of hydrogen-bond donors (Lipinski definition) is 3. The smallest absolute Gasteiger partial charge is 0.244 e. The number of benzene rings is 2. The highest BCUT2D eigenvalue weighted by atomic mass is 32.2. The highest BCUT2D eigenvalue weighted by Gasteiger charge is 2.29. The number of nitrogens with two attached hydrogens (primary N) is 1. The summed E-state index contributed by atoms with van der Waals surface area (Å²) >= 11 is 0. The van der Waals surface area contributed by atoms with Crippen LogP contribution < -0.4 is 15.2 Å². The van der Waals surface area contributed by atoms with Crippen LogP contribution in [0, 0.1) is 11.7 Å². The van der Waals surface area contributed by atoms with Crippen LogP contribution in [0.4, 0.5) is 4.39 Å². The first-order chi connectivity index (χ1) is 13.9. The second-order valence-corrected chi connectivity index (χ2v) is 10.2. The summed E-state index contributed by atoms with van der Waals surface area (Å²) in [5.74, 6) is -1.84. The summed E-state index contributed by atoms with van der Waals surface area (Å²) in [7, 11) is -8.01. The van der Waals surface area contributed by atoms with Crippen LogP contribution >= 0.6 is 0 Å². The maximum absolute atomic E-state index is 13.9. The van der Waals surface area contributed by atoms with Gasteiger partial charge in [0.25, 0.3) is 0 Å². The quantitative estimate of drug-likeness (QED) is 0.519. The molecule has 0 radical (unpaired) electrons. The van der Waals surface area contributed by atoms with Crippen LogP contribution in [0.25, 0.3) is 0 Å². The number of nitrogens with one attached hydrogen (secondary N) is 2. The van der Waals surface area contributed by atoms with Gasteiger partial charge in [-0.2, -0.15) is 4.72 Å². The molecule has 11 heteroatoms. The molecule has 1 amide bonds. The summed E-state index contributed by atoms with van der Waals surface area (Å²) in [6, 6.07) is 9.70. The molecule has 0 aliphatic heterocycles. The van der Waals surface area contributed by atoms with E-state index in [4.69, 9.17) is 5.14 Å². The van der Waals surface area contributed by atoms with E-state index >= 15 is 0 Å². The number of primary sulfonamides is 1. The Morgan fingerprint density at radius 2 is 1.63 bits per heavy atom. The summed E-state index contributed by atoms with van der Waals surface area (Å²) in [5.41, 5.74) is 0.760. The Labute approximate surface area is 175 Å². The van der Waals surface area contributed by atoms with Gasteiger partial charge in [0.2, 0.25) is 26.0 Å². The number of carbonyl (C=O) groups excluding carboxylic acids is 1. The van der Waals surface area contributed by atoms with Crippen molar-refractivity contribution in [2.45, 2.75) is 36.1 Å². The predicted octanol–water partition coefficient (Wildman–Crippen LogP) is 1.13. The van der Waals surface area contributed by atoms with Crippen molar-refractivity contribution >= 4 is 26.0 Å². The molecular formula is C19H24FN3O5S2. The summed E-state index contributed by atoms with van der Waals surface area (Å²) in [6.45, 7) is 3.53. The first kappa shape index (κ1) is 23.9. The third-order valence-electron chi connectivity index (χ3n) is 4.32. The zero-order chi connectivity index (χ0) is 22.5. The summed E-state index contributed by atoms with van der Waals surface area (Å²) in [4.78, 5) is 12.0. The topological polar surface area (TPSA) is 135 Å². The van der Waals surface area contributed by atoms with Gasteiger partial charge in [0.05, 0.1) is 4.90 Å². The Morgan fingerprint density at radius 3 is 2.17 bits per heavy atom. The molecular weight excluding hydrogens is 433 g/mol. The molecule has 164 valence electrons. The van der Waals surface area contributed by atoms with Crippen molar-refractivity contribution in [3.63, 3.8) is 0 Å². The molecule has 1 atom stereocenters. The van der Waals surface area contributed by atoms with Gasteiger partial charge in [-0.3, -0.25) is 4.79 Å². The van der Waals surface area contributed by atoms with Crippen molar-refractivity contribution in [2.75, 3.05) is 6.54 Å². The molecule has 0 aliphatic carbocycles. The van der Waals surface area contributed by atoms with Crippen LogP contribution in [-0.2, 0) is 31.3 Å². The summed E-state index contributed by atoms with van der Waals surface area (Å²) < 4.78 is 63.6. The fraction of sp³-hybridized carbons (Fsp3) is 0.316. The Morgan fingerprint density at radius 1 is 1.03 bits per heavy atom. The van der Waals surface area contributed by atoms with E-state index in [1.165, 1.54) is 24.3 Å². The van der Waals surface area contributed by atoms with E-state index in [9.17, 15) is 26.0 Å². The minimum absolute atomic E-state index is 0.0160. The minimum atomic E-state index is -4.23. The number of carbonyl (C=O) groups is 1. The molecule has 0 unspecified atom stereocenters. The van der Waals surface area contributed by atoms with E-state index in [0.717, 1.165) is 17.7 Å². The molecule has 0 fully saturated rings. The average molecular weight is 458 g/mol. The molecule has 30 heavy (non-hydrogen) atoms. The van der Waals surface area contributed by atoms with Crippen LogP contribution in [0.3, 0.4) is 0 Å². The van der Waals surface area contributed by atoms with E-state index in [1.54, 1.807) is 26.0 Å². The molecule has 0 heterocycles. The maximum Gasteiger partial charge on any atom is 0.244 e. The molecule has 0 spiro atoms. The van der Waals surface area contributed by atoms with Gasteiger partial charge >= 0.3 is 0 Å². The van der Waals surface area contributed by atoms with Crippen molar-refractivity contribution in [1.82, 2.24) is 10.0 Å². The molecule has 0 aromatic heterocycles. The van der Waals surface area contributed by atoms with Gasteiger partial charge in [-0.05, 0) is 42.2 Å². The van der Waals surface area contributed by atoms with Crippen LogP contribution in [0.1, 0.15) is 19.4 Å². The molecule has 0 saturated carbocycles. The van der Waals surface area contributed by atoms with Gasteiger partial charge in [0, 0.05) is 6.54 Å². The van der Waals surface area contributed by atoms with Gasteiger partial charge < -0.3 is 5.32 Å². The van der Waals surface area contributed by atoms with Gasteiger partial charge in [0.15, 0.2) is 0 Å². The molecule has 2 rings (SSSR count). The van der Waals surface area contributed by atoms with E-state index in [-0.39, 0.29) is 17.4 Å². The molecule has 0 aliphatic rings. The van der Waals surface area contributed by atoms with Gasteiger partial charge in [-0.15, -0.1) is 0 Å². The van der Waals surface area contributed by atoms with Crippen molar-refractivity contribution in [3.05, 3.63) is 59.9 Å². The minimum Gasteiger partial charge on any atom is -0.354 e. The van der Waals surface area contributed by atoms with Crippen molar-refractivity contribution in [1.29, 1.82) is 0 Å². The first-order valence-electron chi connectivity index (χ1n) is 9.08. The van der Waals surface area contributed by atoms with Gasteiger partial charge in [-0.25, -0.2) is 26.4 Å². The van der Waals surface area contributed by atoms with Crippen LogP contribution in [0.2, 0.25) is 0 Å². The number of hydrogen-bond acceptors (Lipinski definition) is 5. The molecule has 2 aromatic carbocycles. The summed E-state index contributed by atoms with van der Waals surface area (Å²) in [6.07, 6.45) is 0.390. The fourth-order valence-electron chi connectivity index (χ4n) is 2.67. The number of amides is 1. The van der Waals surface area contributed by atoms with Crippen LogP contribution in [0.5, 0.6) is 0 Å². The van der Waals surface area contributed by atoms with Gasteiger partial charge in [-0.1, -0.05) is 38.1 Å². The molecule has 0 saturated heterocycles. The fourth-order valence-corrected chi connectivity index (χ4v) is 4.61. The lowest BCUT2D eigenvalue weighted by atomic mass is 10.0. The standard InChI is InChI=1S/C19H24FN3O5S2/c1-13(2)18(23-30(27,28)17-6-4-3-5-16(17)20)19(24)22-12-11-14-7-9-15(10-8-14)29(21,25)26/h3-10,13,18,23H,11-12H2,1-2H3,(H,22,24)(H2,21,25,26)/t18-/m1/s1. The Bertz CT molecular complexity index is 1100. The third-order valence-corrected chi connectivity index (χ3v) is 6.73. The van der Waals surface area contributed by atoms with Crippen molar-refractivity contribution in [2.24, 2.45) is 11.1 Å². The van der Waals surface area contributed by atoms with E-state index in [2.05, 4.69) is 10.0 Å². The monoisotopic (exact) mass is 457 g/mol. The Hall–Kier alpha value is -2.34. The van der Waals surface area contributed by atoms with Crippen LogP contribution in [-0.4, -0.2) is 35.3 Å². The molecule has 4 N–H and O–H groups in total. The lowest BCUT2D eigenvalue weighted by Crippen LogP contribution is -2.50. The molecule has 0 bridgehead atoms. The normalized spacial score (nSPS) is 13.2. The zero-order valence-corrected chi connectivity index (χ0v) is 18.1. The molecule has 2 aromatic rings. The lowest BCUT2D eigenvalue weighted by Gasteiger charge is -2.22. The van der Waals surface area contributed by atoms with Crippen molar-refractivity contribution in [3.8, 4) is 0 Å². The van der Waals surface area contributed by atoms with E-state index in [1.807, 2.05) is 0 Å². The van der Waals surface area contributed by atoms with Crippen LogP contribution in [0.15, 0.2) is 58.3 Å². The molecule has 8 nitrogen and oxygen atoms in total. The highest BCUT2D eigenvalue weighted by Crippen LogP contribution is 2.15. The predicted molar refractivity (Wildman–Crippen MR) is 110 cm³/mol.